The summed E-state index contributed by atoms with van der Waals surface area (Å²) in [6.45, 7) is 1.49. The summed E-state index contributed by atoms with van der Waals surface area (Å²) in [6, 6.07) is 15.7. The Kier molecular flexibility index (Phi) is 5.91. The molecule has 0 fully saturated rings. The molecule has 7 heteroatoms. The predicted octanol–water partition coefficient (Wildman–Crippen LogP) is 4.61. The molecular formula is C21H16ClNO5. The average molecular weight is 398 g/mol. The highest BCUT2D eigenvalue weighted by Gasteiger charge is 2.23. The average Bonchev–Trinajstić information content (AvgIpc) is 3.23. The third-order valence-corrected chi connectivity index (χ3v) is 4.17. The normalized spacial score (nSPS) is 11.5. The van der Waals surface area contributed by atoms with Crippen molar-refractivity contribution in [2.75, 3.05) is 5.32 Å². The molecule has 1 N–H and O–H groups in total. The molecule has 1 atom stereocenters. The topological polar surface area (TPSA) is 85.6 Å². The minimum atomic E-state index is -1.01. The van der Waals surface area contributed by atoms with E-state index in [1.165, 1.54) is 25.3 Å². The van der Waals surface area contributed by atoms with Crippen molar-refractivity contribution in [1.82, 2.24) is 0 Å². The summed E-state index contributed by atoms with van der Waals surface area (Å²) < 4.78 is 10.3. The van der Waals surface area contributed by atoms with Crippen molar-refractivity contribution < 1.29 is 23.5 Å². The van der Waals surface area contributed by atoms with Crippen molar-refractivity contribution >= 4 is 34.9 Å². The molecule has 0 radical (unpaired) electrons. The number of carbonyl (C=O) groups excluding carboxylic acids is 3. The maximum atomic E-state index is 12.6. The summed E-state index contributed by atoms with van der Waals surface area (Å²) in [5.41, 5.74) is 0.752. The van der Waals surface area contributed by atoms with Gasteiger partial charge in [0.2, 0.25) is 5.78 Å². The Morgan fingerprint density at radius 1 is 1.00 bits per heavy atom. The Hall–Kier alpha value is -3.38. The first-order valence-corrected chi connectivity index (χ1v) is 8.78. The number of benzene rings is 2. The van der Waals surface area contributed by atoms with Crippen molar-refractivity contribution in [2.45, 2.75) is 13.0 Å². The van der Waals surface area contributed by atoms with Crippen LogP contribution in [-0.4, -0.2) is 23.8 Å². The minimum absolute atomic E-state index is 0.106. The molecule has 6 nitrogen and oxygen atoms in total. The summed E-state index contributed by atoms with van der Waals surface area (Å²) in [5, 5.41) is 3.10. The van der Waals surface area contributed by atoms with Crippen LogP contribution in [0.4, 0.5) is 5.69 Å². The van der Waals surface area contributed by atoms with Gasteiger partial charge in [-0.05, 0) is 55.5 Å². The Bertz CT molecular complexity index is 996. The molecule has 1 heterocycles. The number of hydrogen-bond donors (Lipinski definition) is 1. The highest BCUT2D eigenvalue weighted by molar-refractivity contribution is 6.30. The second-order valence-electron chi connectivity index (χ2n) is 5.90. The number of furan rings is 1. The van der Waals surface area contributed by atoms with Crippen molar-refractivity contribution in [1.29, 1.82) is 0 Å². The van der Waals surface area contributed by atoms with E-state index < -0.39 is 18.0 Å². The molecule has 1 amide bonds. The quantitative estimate of drug-likeness (QED) is 0.484. The second-order valence-corrected chi connectivity index (χ2v) is 6.33. The molecule has 0 aliphatic heterocycles. The minimum Gasteiger partial charge on any atom is -0.459 e. The van der Waals surface area contributed by atoms with Crippen LogP contribution in [-0.2, 0) is 4.74 Å². The molecular weight excluding hydrogens is 382 g/mol. The number of halogens is 1. The zero-order chi connectivity index (χ0) is 20.1. The summed E-state index contributed by atoms with van der Waals surface area (Å²) in [4.78, 5) is 37.2. The highest BCUT2D eigenvalue weighted by Crippen LogP contribution is 2.19. The summed E-state index contributed by atoms with van der Waals surface area (Å²) in [7, 11) is 0. The third-order valence-electron chi connectivity index (χ3n) is 3.92. The van der Waals surface area contributed by atoms with Crippen LogP contribution in [0.1, 0.15) is 38.2 Å². The SMILES string of the molecule is CC(OC(=O)c1ccccc1NC(=O)c1ccco1)C(=O)c1ccc(Cl)cc1. The van der Waals surface area contributed by atoms with Crippen LogP contribution < -0.4 is 5.32 Å². The van der Waals surface area contributed by atoms with Crippen LogP contribution in [0.15, 0.2) is 71.3 Å². The van der Waals surface area contributed by atoms with Gasteiger partial charge in [0, 0.05) is 10.6 Å². The number of amides is 1. The molecule has 0 saturated carbocycles. The molecule has 0 aliphatic rings. The molecule has 3 aromatic rings. The Morgan fingerprint density at radius 3 is 2.39 bits per heavy atom. The van der Waals surface area contributed by atoms with Crippen molar-refractivity contribution in [2.24, 2.45) is 0 Å². The predicted molar refractivity (Wildman–Crippen MR) is 104 cm³/mol. The van der Waals surface area contributed by atoms with Gasteiger partial charge in [0.25, 0.3) is 5.91 Å². The molecule has 1 aromatic heterocycles. The Labute approximate surface area is 166 Å². The van der Waals surface area contributed by atoms with Crippen LogP contribution in [0.5, 0.6) is 0 Å². The van der Waals surface area contributed by atoms with Gasteiger partial charge in [0.15, 0.2) is 11.9 Å². The highest BCUT2D eigenvalue weighted by atomic mass is 35.5. The van der Waals surface area contributed by atoms with E-state index in [1.54, 1.807) is 48.5 Å². The third kappa shape index (κ3) is 4.47. The molecule has 28 heavy (non-hydrogen) atoms. The van der Waals surface area contributed by atoms with Crippen LogP contribution in [0.2, 0.25) is 5.02 Å². The number of ether oxygens (including phenoxy) is 1. The molecule has 1 unspecified atom stereocenters. The lowest BCUT2D eigenvalue weighted by Gasteiger charge is -2.14. The van der Waals surface area contributed by atoms with Crippen molar-refractivity contribution in [3.8, 4) is 0 Å². The maximum Gasteiger partial charge on any atom is 0.340 e. The first kappa shape index (κ1) is 19.4. The number of nitrogens with one attached hydrogen (secondary N) is 1. The van der Waals surface area contributed by atoms with Gasteiger partial charge in [-0.2, -0.15) is 0 Å². The van der Waals surface area contributed by atoms with Gasteiger partial charge in [-0.1, -0.05) is 23.7 Å². The first-order chi connectivity index (χ1) is 13.5. The Morgan fingerprint density at radius 2 is 1.71 bits per heavy atom. The van der Waals surface area contributed by atoms with Gasteiger partial charge in [-0.3, -0.25) is 9.59 Å². The van der Waals surface area contributed by atoms with E-state index in [1.807, 2.05) is 0 Å². The standard InChI is InChI=1S/C21H16ClNO5/c1-13(19(24)14-8-10-15(22)11-9-14)28-21(26)16-5-2-3-6-17(16)23-20(25)18-7-4-12-27-18/h2-13H,1H3,(H,23,25). The van der Waals surface area contributed by atoms with Crippen LogP contribution in [0.3, 0.4) is 0 Å². The molecule has 0 aliphatic carbocycles. The summed E-state index contributed by atoms with van der Waals surface area (Å²) in [6.07, 6.45) is 0.363. The fourth-order valence-electron chi connectivity index (χ4n) is 2.49. The lowest BCUT2D eigenvalue weighted by atomic mass is 10.1. The summed E-state index contributed by atoms with van der Waals surface area (Å²) >= 11 is 5.82. The van der Waals surface area contributed by atoms with Gasteiger partial charge in [0.1, 0.15) is 0 Å². The summed E-state index contributed by atoms with van der Waals surface area (Å²) in [5.74, 6) is -1.49. The molecule has 3 rings (SSSR count). The van der Waals surface area contributed by atoms with E-state index in [9.17, 15) is 14.4 Å². The number of Topliss-reactive ketones (excluding diaryl/α,β-unsaturated/α-hetero) is 1. The van der Waals surface area contributed by atoms with Gasteiger partial charge in [-0.15, -0.1) is 0 Å². The van der Waals surface area contributed by atoms with E-state index in [-0.39, 0.29) is 22.8 Å². The van der Waals surface area contributed by atoms with Gasteiger partial charge in [-0.25, -0.2) is 4.79 Å². The van der Waals surface area contributed by atoms with Crippen molar-refractivity contribution in [3.63, 3.8) is 0 Å². The maximum absolute atomic E-state index is 12.6. The number of hydrogen-bond acceptors (Lipinski definition) is 5. The van der Waals surface area contributed by atoms with Crippen LogP contribution in [0.25, 0.3) is 0 Å². The molecule has 0 spiro atoms. The van der Waals surface area contributed by atoms with E-state index in [0.29, 0.717) is 10.6 Å². The van der Waals surface area contributed by atoms with Crippen LogP contribution in [0, 0.1) is 0 Å². The molecule has 0 saturated heterocycles. The van der Waals surface area contributed by atoms with E-state index in [2.05, 4.69) is 5.32 Å². The first-order valence-electron chi connectivity index (χ1n) is 8.40. The lowest BCUT2D eigenvalue weighted by molar-refractivity contribution is 0.0320. The largest absolute Gasteiger partial charge is 0.459 e. The number of carbonyl (C=O) groups is 3. The van der Waals surface area contributed by atoms with Gasteiger partial charge >= 0.3 is 5.97 Å². The fourth-order valence-corrected chi connectivity index (χ4v) is 2.61. The molecule has 142 valence electrons. The number of anilines is 1. The fraction of sp³-hybridized carbons (Fsp3) is 0.0952. The van der Waals surface area contributed by atoms with E-state index >= 15 is 0 Å². The molecule has 0 bridgehead atoms. The number of esters is 1. The van der Waals surface area contributed by atoms with Crippen LogP contribution >= 0.6 is 11.6 Å². The zero-order valence-electron chi connectivity index (χ0n) is 14.8. The van der Waals surface area contributed by atoms with E-state index in [4.69, 9.17) is 20.8 Å². The van der Waals surface area contributed by atoms with Gasteiger partial charge < -0.3 is 14.5 Å². The smallest absolute Gasteiger partial charge is 0.340 e. The zero-order valence-corrected chi connectivity index (χ0v) is 15.6. The Balaban J connectivity index is 1.72. The monoisotopic (exact) mass is 397 g/mol. The van der Waals surface area contributed by atoms with Crippen molar-refractivity contribution in [3.05, 3.63) is 88.8 Å². The van der Waals surface area contributed by atoms with E-state index in [0.717, 1.165) is 0 Å². The second kappa shape index (κ2) is 8.54. The van der Waals surface area contributed by atoms with Gasteiger partial charge in [0.05, 0.1) is 17.5 Å². The number of ketones is 1. The number of rotatable bonds is 6. The number of para-hydroxylation sites is 1. The molecule has 2 aromatic carbocycles. The lowest BCUT2D eigenvalue weighted by Crippen LogP contribution is -2.25.